The number of nitrogens with zero attached hydrogens (tertiary/aromatic N) is 5. The highest BCUT2D eigenvalue weighted by atomic mass is 16.2. The summed E-state index contributed by atoms with van der Waals surface area (Å²) in [5.41, 5.74) is 30.5. The van der Waals surface area contributed by atoms with E-state index in [1.54, 1.807) is 36.4 Å². The molecule has 8 bridgehead atoms. The van der Waals surface area contributed by atoms with Crippen LogP contribution >= 0.6 is 0 Å². The van der Waals surface area contributed by atoms with Gasteiger partial charge in [-0.05, 0) is 182 Å². The molecule has 11 heteroatoms. The Morgan fingerprint density at radius 1 is 0.297 bits per heavy atom. The average Bonchev–Trinajstić information content (AvgIpc) is 1.65. The molecular weight excluding hydrogens is 1360 g/mol. The molecule has 8 aliphatic carbocycles. The Balaban J connectivity index is 0.000000149. The maximum absolute atomic E-state index is 12.1. The van der Waals surface area contributed by atoms with Gasteiger partial charge in [-0.3, -0.25) is 14.4 Å². The number of carbonyl (C=O) groups is 3. The van der Waals surface area contributed by atoms with Crippen LogP contribution in [0.4, 0.5) is 11.4 Å². The summed E-state index contributed by atoms with van der Waals surface area (Å²) in [6.07, 6.45) is 12.7. The number of imidazole rings is 3. The molecule has 0 fully saturated rings. The molecule has 11 nitrogen and oxygen atoms in total. The predicted octanol–water partition coefficient (Wildman–Crippen LogP) is 22.6. The van der Waals surface area contributed by atoms with Gasteiger partial charge in [0.25, 0.3) is 0 Å². The van der Waals surface area contributed by atoms with Gasteiger partial charge in [0.2, 0.25) is 11.6 Å². The van der Waals surface area contributed by atoms with E-state index >= 15 is 0 Å². The first-order valence-electron chi connectivity index (χ1n) is 38.6. The third-order valence-electron chi connectivity index (χ3n) is 21.2. The van der Waals surface area contributed by atoms with E-state index in [2.05, 4.69) is 271 Å². The van der Waals surface area contributed by atoms with E-state index < -0.39 is 11.6 Å². The van der Waals surface area contributed by atoms with E-state index in [1.807, 2.05) is 49.3 Å². The molecule has 548 valence electrons. The molecule has 0 radical (unpaired) electrons. The Morgan fingerprint density at radius 2 is 0.577 bits per heavy atom. The van der Waals surface area contributed by atoms with Crippen molar-refractivity contribution in [3.05, 3.63) is 365 Å². The van der Waals surface area contributed by atoms with Crippen LogP contribution in [0.2, 0.25) is 0 Å². The fourth-order valence-corrected chi connectivity index (χ4v) is 15.2. The quantitative estimate of drug-likeness (QED) is 0.0523. The summed E-state index contributed by atoms with van der Waals surface area (Å²) in [5.74, 6) is 1.82. The number of ketones is 2. The molecule has 3 aromatic heterocycles. The highest BCUT2D eigenvalue weighted by molar-refractivity contribution is 6.49. The topological polar surface area (TPSA) is 144 Å². The van der Waals surface area contributed by atoms with Gasteiger partial charge in [0.15, 0.2) is 0 Å². The molecule has 0 aliphatic heterocycles. The minimum atomic E-state index is -0.475. The molecule has 0 amide bonds. The number of aromatic nitrogens is 6. The number of Topliss-reactive ketones (excluding diaryl/α,β-unsaturated/α-hetero) is 2. The zero-order valence-corrected chi connectivity index (χ0v) is 63.4. The second-order valence-electron chi connectivity index (χ2n) is 29.2. The van der Waals surface area contributed by atoms with Crippen molar-refractivity contribution in [2.45, 2.75) is 77.0 Å². The number of anilines is 2. The van der Waals surface area contributed by atoms with Gasteiger partial charge < -0.3 is 24.8 Å². The van der Waals surface area contributed by atoms with Crippen LogP contribution in [-0.4, -0.2) is 75.9 Å². The lowest BCUT2D eigenvalue weighted by atomic mass is 9.92. The summed E-state index contributed by atoms with van der Waals surface area (Å²) < 4.78 is 0. The summed E-state index contributed by atoms with van der Waals surface area (Å²) in [4.78, 5) is 67.1. The second-order valence-corrected chi connectivity index (χ2v) is 29.2. The SMILES string of the molecule is CN(C)c1ccc(-c2[nH]c(-c3cc4ccc3CCCc3ccc(cc3-c3nc(-c5ccccc5)c(-c5ccccc5)[nH]3)CCC4)nc2-c2ccccc2)cc1.CN(C)c1ccc(C(=O)C(=O)c2ccccc2)cc1.O=Cc1cc2ccc1CCCc1ccc(cc1-c1nc(-c3ccccc3)c(-c3ccccc3)[nH]1)CCC2. The third kappa shape index (κ3) is 17.2. The number of nitrogens with one attached hydrogen (secondary N) is 3. The highest BCUT2D eigenvalue weighted by Gasteiger charge is 2.24. The number of hydrogen-bond acceptors (Lipinski definition) is 8. The van der Waals surface area contributed by atoms with Crippen LogP contribution in [0.3, 0.4) is 0 Å². The van der Waals surface area contributed by atoms with Crippen molar-refractivity contribution in [1.29, 1.82) is 0 Å². The number of hydrogen-bond donors (Lipinski definition) is 3. The van der Waals surface area contributed by atoms with E-state index in [0.29, 0.717) is 11.1 Å². The van der Waals surface area contributed by atoms with E-state index in [9.17, 15) is 14.4 Å². The molecule has 111 heavy (non-hydrogen) atoms. The van der Waals surface area contributed by atoms with Gasteiger partial charge in [-0.15, -0.1) is 0 Å². The van der Waals surface area contributed by atoms with Crippen LogP contribution in [0.15, 0.2) is 303 Å². The lowest BCUT2D eigenvalue weighted by Crippen LogP contribution is -2.15. The minimum Gasteiger partial charge on any atom is -0.378 e. The molecule has 0 spiro atoms. The van der Waals surface area contributed by atoms with Gasteiger partial charge >= 0.3 is 0 Å². The first-order valence-corrected chi connectivity index (χ1v) is 38.6. The van der Waals surface area contributed by atoms with E-state index in [-0.39, 0.29) is 0 Å². The van der Waals surface area contributed by atoms with Crippen molar-refractivity contribution in [1.82, 2.24) is 29.9 Å². The van der Waals surface area contributed by atoms with Crippen molar-refractivity contribution >= 4 is 29.2 Å². The van der Waals surface area contributed by atoms with Crippen LogP contribution < -0.4 is 9.80 Å². The Bertz CT molecular complexity index is 5580. The number of carbonyl (C=O) groups excluding carboxylic acids is 3. The fraction of sp³-hybridized carbons (Fsp3) is 0.160. The Morgan fingerprint density at radius 3 is 0.919 bits per heavy atom. The smallest absolute Gasteiger partial charge is 0.233 e. The number of benzene rings is 12. The Hall–Kier alpha value is -13.1. The predicted molar refractivity (Wildman–Crippen MR) is 455 cm³/mol. The van der Waals surface area contributed by atoms with E-state index in [4.69, 9.17) is 15.0 Å². The molecule has 0 saturated heterocycles. The van der Waals surface area contributed by atoms with Gasteiger partial charge in [0.1, 0.15) is 23.8 Å². The summed E-state index contributed by atoms with van der Waals surface area (Å²) in [7, 11) is 8.00. The first-order chi connectivity index (χ1) is 54.4. The summed E-state index contributed by atoms with van der Waals surface area (Å²) >= 11 is 0. The standard InChI is InChI=1S/C50H45N5.C34H30N2O.C16H15NO2/c1-55(2)42-30-28-41(29-31-42)48-47(40-20-10-5-11-21-40)53-50(54-48)44-33-35-15-12-14-34-24-26-36(22-13-23-37(44)27-25-35)43(32-34)49-51-45(38-16-6-3-7-17-38)46(52-49)39-18-8-4-9-19-39;37-23-30-21-24-9-7-10-25-18-20-27(16-8-15-26(30)19-17-24)31(22-25)34-35-32(28-11-3-1-4-12-28)33(36-34)29-13-5-2-6-14-29;1-17(2)14-10-8-13(9-11-14)16(19)15(18)12-6-4-3-5-7-12/h3-11,16-21,24-33H,12-15,22-23H2,1-2H3,(H,51,52)(H,53,54);1-6,11-14,17-23H,7-10,15-16H2,(H,35,36);3-11H,1-2H3. The minimum absolute atomic E-state index is 0.416. The summed E-state index contributed by atoms with van der Waals surface area (Å²) in [6, 6.07) is 104. The van der Waals surface area contributed by atoms with Gasteiger partial charge in [-0.1, -0.05) is 243 Å². The third-order valence-corrected chi connectivity index (χ3v) is 21.2. The van der Waals surface area contributed by atoms with Crippen molar-refractivity contribution < 1.29 is 14.4 Å². The number of aromatic amines is 3. The van der Waals surface area contributed by atoms with Gasteiger partial charge in [-0.2, -0.15) is 0 Å². The number of aldehydes is 1. The molecule has 3 N–H and O–H groups in total. The van der Waals surface area contributed by atoms with Gasteiger partial charge in [0, 0.05) is 106 Å². The molecule has 8 aliphatic rings. The molecule has 0 unspecified atom stereocenters. The first kappa shape index (κ1) is 73.4. The van der Waals surface area contributed by atoms with Crippen LogP contribution in [0, 0.1) is 0 Å². The Kier molecular flexibility index (Phi) is 22.8. The molecule has 15 aromatic rings. The molecule has 0 atom stereocenters. The lowest BCUT2D eigenvalue weighted by Gasteiger charge is -2.15. The molecular formula is C100H90N8O3. The van der Waals surface area contributed by atoms with Crippen LogP contribution in [-0.2, 0) is 51.4 Å². The van der Waals surface area contributed by atoms with Gasteiger partial charge in [0.05, 0.1) is 34.2 Å². The molecule has 0 saturated carbocycles. The van der Waals surface area contributed by atoms with E-state index in [0.717, 1.165) is 185 Å². The fourth-order valence-electron chi connectivity index (χ4n) is 15.2. The maximum Gasteiger partial charge on any atom is 0.233 e. The average molecular weight is 1450 g/mol. The van der Waals surface area contributed by atoms with Crippen LogP contribution in [0.5, 0.6) is 0 Å². The van der Waals surface area contributed by atoms with Crippen molar-refractivity contribution in [3.8, 4) is 102 Å². The summed E-state index contributed by atoms with van der Waals surface area (Å²) in [5, 5.41) is 0. The number of rotatable bonds is 15. The van der Waals surface area contributed by atoms with E-state index in [1.165, 1.54) is 61.3 Å². The van der Waals surface area contributed by atoms with Crippen molar-refractivity contribution in [3.63, 3.8) is 0 Å². The van der Waals surface area contributed by atoms with Gasteiger partial charge in [-0.25, -0.2) is 15.0 Å². The lowest BCUT2D eigenvalue weighted by molar-refractivity contribution is 0.0817. The normalized spacial score (nSPS) is 12.5. The zero-order valence-electron chi connectivity index (χ0n) is 63.4. The van der Waals surface area contributed by atoms with Crippen LogP contribution in [0.1, 0.15) is 101 Å². The monoisotopic (exact) mass is 1450 g/mol. The molecule has 23 rings (SSSR count). The second kappa shape index (κ2) is 34.4. The van der Waals surface area contributed by atoms with Crippen molar-refractivity contribution in [2.75, 3.05) is 38.0 Å². The maximum atomic E-state index is 12.1. The molecule has 3 heterocycles. The number of aryl methyl sites for hydroxylation is 8. The zero-order chi connectivity index (χ0) is 76.0. The van der Waals surface area contributed by atoms with Crippen molar-refractivity contribution in [2.24, 2.45) is 0 Å². The summed E-state index contributed by atoms with van der Waals surface area (Å²) in [6.45, 7) is 0. The number of H-pyrrole nitrogens is 3. The largest absolute Gasteiger partial charge is 0.378 e. The highest BCUT2D eigenvalue weighted by Crippen LogP contribution is 2.40. The molecule has 12 aromatic carbocycles. The Labute approximate surface area is 650 Å². The van der Waals surface area contributed by atoms with Crippen LogP contribution in [0.25, 0.3) is 102 Å².